The first-order chi connectivity index (χ1) is 13.1. The minimum atomic E-state index is -5.08. The number of rotatable bonds is 5. The first kappa shape index (κ1) is 22.0. The van der Waals surface area contributed by atoms with E-state index in [0.717, 1.165) is 23.3 Å². The maximum absolute atomic E-state index is 10.6. The van der Waals surface area contributed by atoms with Gasteiger partial charge in [-0.25, -0.2) is 4.79 Å². The van der Waals surface area contributed by atoms with E-state index in [4.69, 9.17) is 9.90 Å². The summed E-state index contributed by atoms with van der Waals surface area (Å²) in [7, 11) is 0. The number of hydrogen-bond donors (Lipinski definition) is 3. The molecule has 1 atom stereocenters. The number of aryl methyl sites for hydroxylation is 1. The molecule has 152 valence electrons. The number of halogens is 4. The SMILES string of the molecule is CCn1cc(Br)c(CNC(C)c2cc3ccccc3[nH]2)n1.O=C(O)C(F)(F)F. The largest absolute Gasteiger partial charge is 0.490 e. The summed E-state index contributed by atoms with van der Waals surface area (Å²) in [5.41, 5.74) is 3.42. The molecule has 0 aliphatic carbocycles. The van der Waals surface area contributed by atoms with Gasteiger partial charge in [-0.2, -0.15) is 18.3 Å². The molecule has 1 aromatic carbocycles. The maximum Gasteiger partial charge on any atom is 0.490 e. The van der Waals surface area contributed by atoms with Crippen LogP contribution < -0.4 is 5.32 Å². The van der Waals surface area contributed by atoms with Crippen molar-refractivity contribution < 1.29 is 23.1 Å². The van der Waals surface area contributed by atoms with E-state index >= 15 is 0 Å². The Morgan fingerprint density at radius 1 is 1.39 bits per heavy atom. The Hall–Kier alpha value is -2.33. The number of aliphatic carboxylic acids is 1. The Morgan fingerprint density at radius 2 is 2.04 bits per heavy atom. The Kier molecular flexibility index (Phi) is 7.25. The van der Waals surface area contributed by atoms with Crippen LogP contribution in [0.3, 0.4) is 0 Å². The van der Waals surface area contributed by atoms with Gasteiger partial charge in [-0.15, -0.1) is 0 Å². The fourth-order valence-corrected chi connectivity index (χ4v) is 2.86. The van der Waals surface area contributed by atoms with E-state index in [9.17, 15) is 13.2 Å². The summed E-state index contributed by atoms with van der Waals surface area (Å²) in [6.07, 6.45) is -3.06. The minimum absolute atomic E-state index is 0.246. The summed E-state index contributed by atoms with van der Waals surface area (Å²) in [5, 5.41) is 16.4. The molecule has 10 heteroatoms. The van der Waals surface area contributed by atoms with Gasteiger partial charge in [-0.3, -0.25) is 4.68 Å². The van der Waals surface area contributed by atoms with E-state index in [2.05, 4.69) is 75.5 Å². The molecule has 0 spiro atoms. The molecule has 3 rings (SSSR count). The Labute approximate surface area is 167 Å². The molecule has 0 aliphatic heterocycles. The van der Waals surface area contributed by atoms with Crippen molar-refractivity contribution in [3.63, 3.8) is 0 Å². The van der Waals surface area contributed by atoms with Crippen LogP contribution in [-0.4, -0.2) is 32.0 Å². The third-order valence-electron chi connectivity index (χ3n) is 3.95. The highest BCUT2D eigenvalue weighted by atomic mass is 79.9. The van der Waals surface area contributed by atoms with E-state index in [1.54, 1.807) is 0 Å². The molecule has 0 radical (unpaired) electrons. The fraction of sp³-hybridized carbons (Fsp3) is 0.333. The van der Waals surface area contributed by atoms with Gasteiger partial charge >= 0.3 is 12.1 Å². The average Bonchev–Trinajstić information content (AvgIpc) is 3.22. The smallest absolute Gasteiger partial charge is 0.475 e. The first-order valence-electron chi connectivity index (χ1n) is 8.44. The normalized spacial score (nSPS) is 12.5. The highest BCUT2D eigenvalue weighted by molar-refractivity contribution is 9.10. The van der Waals surface area contributed by atoms with Gasteiger partial charge in [0.25, 0.3) is 0 Å². The summed E-state index contributed by atoms with van der Waals surface area (Å²) in [5.74, 6) is -2.76. The number of benzene rings is 1. The van der Waals surface area contributed by atoms with Crippen molar-refractivity contribution in [3.05, 3.63) is 52.4 Å². The highest BCUT2D eigenvalue weighted by Crippen LogP contribution is 2.21. The number of carbonyl (C=O) groups is 1. The van der Waals surface area contributed by atoms with Crippen LogP contribution in [-0.2, 0) is 17.9 Å². The molecule has 0 aliphatic rings. The van der Waals surface area contributed by atoms with Gasteiger partial charge in [0, 0.05) is 36.5 Å². The predicted octanol–water partition coefficient (Wildman–Crippen LogP) is 4.63. The molecule has 0 amide bonds. The van der Waals surface area contributed by atoms with Crippen LogP contribution >= 0.6 is 15.9 Å². The summed E-state index contributed by atoms with van der Waals surface area (Å²) >= 11 is 3.56. The zero-order chi connectivity index (χ0) is 20.9. The standard InChI is InChI=1S/C16H19BrN4.C2HF3O2/c1-3-21-10-13(17)16(20-21)9-18-11(2)15-8-12-6-4-5-7-14(12)19-15;3-2(4,5)1(6)7/h4-8,10-11,18-19H,3,9H2,1-2H3;(H,6,7). The number of aromatic amines is 1. The lowest BCUT2D eigenvalue weighted by Crippen LogP contribution is -2.21. The van der Waals surface area contributed by atoms with Crippen LogP contribution in [0, 0.1) is 0 Å². The number of nitrogens with one attached hydrogen (secondary N) is 2. The fourth-order valence-electron chi connectivity index (χ4n) is 2.41. The molecule has 2 heterocycles. The molecule has 3 aromatic rings. The molecule has 6 nitrogen and oxygen atoms in total. The van der Waals surface area contributed by atoms with Crippen molar-refractivity contribution in [2.24, 2.45) is 0 Å². The van der Waals surface area contributed by atoms with E-state index in [1.165, 1.54) is 16.6 Å². The van der Waals surface area contributed by atoms with Gasteiger partial charge in [0.2, 0.25) is 0 Å². The highest BCUT2D eigenvalue weighted by Gasteiger charge is 2.38. The van der Waals surface area contributed by atoms with Crippen LogP contribution in [0.25, 0.3) is 10.9 Å². The van der Waals surface area contributed by atoms with Gasteiger partial charge in [0.1, 0.15) is 0 Å². The van der Waals surface area contributed by atoms with Gasteiger partial charge < -0.3 is 15.4 Å². The molecule has 3 N–H and O–H groups in total. The van der Waals surface area contributed by atoms with E-state index in [-0.39, 0.29) is 6.04 Å². The topological polar surface area (TPSA) is 82.9 Å². The van der Waals surface area contributed by atoms with Crippen LogP contribution in [0.15, 0.2) is 41.0 Å². The number of H-pyrrole nitrogens is 1. The molecule has 0 bridgehead atoms. The van der Waals surface area contributed by atoms with Crippen molar-refractivity contribution >= 4 is 32.8 Å². The molecule has 0 saturated carbocycles. The van der Waals surface area contributed by atoms with Crippen molar-refractivity contribution in [2.45, 2.75) is 39.2 Å². The zero-order valence-corrected chi connectivity index (χ0v) is 16.8. The van der Waals surface area contributed by atoms with E-state index < -0.39 is 12.1 Å². The summed E-state index contributed by atoms with van der Waals surface area (Å²) in [4.78, 5) is 12.4. The lowest BCUT2D eigenvalue weighted by Gasteiger charge is -2.11. The van der Waals surface area contributed by atoms with Crippen LogP contribution in [0.1, 0.15) is 31.3 Å². The molecular formula is C18H20BrF3N4O2. The second-order valence-electron chi connectivity index (χ2n) is 6.00. The van der Waals surface area contributed by atoms with Gasteiger partial charge in [0.05, 0.1) is 10.2 Å². The molecule has 2 aromatic heterocycles. The molecular weight excluding hydrogens is 441 g/mol. The number of hydrogen-bond acceptors (Lipinski definition) is 3. The zero-order valence-electron chi connectivity index (χ0n) is 15.2. The van der Waals surface area contributed by atoms with E-state index in [0.29, 0.717) is 0 Å². The first-order valence-corrected chi connectivity index (χ1v) is 9.24. The van der Waals surface area contributed by atoms with Crippen LogP contribution in [0.5, 0.6) is 0 Å². The van der Waals surface area contributed by atoms with E-state index in [1.807, 2.05) is 10.9 Å². The van der Waals surface area contributed by atoms with Gasteiger partial charge in [-0.05, 0) is 47.3 Å². The summed E-state index contributed by atoms with van der Waals surface area (Å²) in [6, 6.07) is 10.8. The summed E-state index contributed by atoms with van der Waals surface area (Å²) in [6.45, 7) is 5.87. The molecule has 0 saturated heterocycles. The molecule has 1 unspecified atom stereocenters. The third-order valence-corrected chi connectivity index (χ3v) is 4.61. The predicted molar refractivity (Wildman–Crippen MR) is 103 cm³/mol. The number of carboxylic acid groups (broad SMARTS) is 1. The number of alkyl halides is 3. The number of para-hydroxylation sites is 1. The Bertz CT molecular complexity index is 903. The van der Waals surface area contributed by atoms with Crippen LogP contribution in [0.2, 0.25) is 0 Å². The maximum atomic E-state index is 10.6. The molecule has 0 fully saturated rings. The number of aromatic nitrogens is 3. The lowest BCUT2D eigenvalue weighted by molar-refractivity contribution is -0.192. The van der Waals surface area contributed by atoms with Crippen LogP contribution in [0.4, 0.5) is 13.2 Å². The summed E-state index contributed by atoms with van der Waals surface area (Å²) < 4.78 is 34.7. The number of fused-ring (bicyclic) bond motifs is 1. The second-order valence-corrected chi connectivity index (χ2v) is 6.85. The lowest BCUT2D eigenvalue weighted by atomic mass is 10.2. The van der Waals surface area contributed by atoms with Crippen molar-refractivity contribution in [1.82, 2.24) is 20.1 Å². The Balaban J connectivity index is 0.000000345. The third kappa shape index (κ3) is 5.83. The van der Waals surface area contributed by atoms with Crippen molar-refractivity contribution in [2.75, 3.05) is 0 Å². The monoisotopic (exact) mass is 460 g/mol. The van der Waals surface area contributed by atoms with Crippen molar-refractivity contribution in [1.29, 1.82) is 0 Å². The van der Waals surface area contributed by atoms with Crippen molar-refractivity contribution in [3.8, 4) is 0 Å². The average molecular weight is 461 g/mol. The Morgan fingerprint density at radius 3 is 2.57 bits per heavy atom. The number of carboxylic acids is 1. The quantitative estimate of drug-likeness (QED) is 0.518. The molecule has 28 heavy (non-hydrogen) atoms. The second kappa shape index (κ2) is 9.24. The number of nitrogens with zero attached hydrogens (tertiary/aromatic N) is 2. The minimum Gasteiger partial charge on any atom is -0.475 e. The van der Waals surface area contributed by atoms with Gasteiger partial charge in [0.15, 0.2) is 0 Å². The van der Waals surface area contributed by atoms with Gasteiger partial charge in [-0.1, -0.05) is 18.2 Å².